The Bertz CT molecular complexity index is 1290. The van der Waals surface area contributed by atoms with Crippen LogP contribution in [0.1, 0.15) is 12.6 Å². The molecular formula is C23H22N6O2. The van der Waals surface area contributed by atoms with E-state index in [2.05, 4.69) is 26.2 Å². The fourth-order valence-corrected chi connectivity index (χ4v) is 3.96. The molecule has 0 radical (unpaired) electrons. The number of nitrogens with zero attached hydrogens (tertiary/aromatic N) is 4. The van der Waals surface area contributed by atoms with Gasteiger partial charge in [-0.25, -0.2) is 15.0 Å². The molecule has 3 N–H and O–H groups in total. The topological polar surface area (TPSA) is 100 Å². The lowest BCUT2D eigenvalue weighted by Gasteiger charge is -2.17. The van der Waals surface area contributed by atoms with Crippen LogP contribution in [0, 0.1) is 18.3 Å². The van der Waals surface area contributed by atoms with Crippen molar-refractivity contribution >= 4 is 33.6 Å². The lowest BCUT2D eigenvalue weighted by atomic mass is 10.0. The number of rotatable bonds is 5. The summed E-state index contributed by atoms with van der Waals surface area (Å²) in [4.78, 5) is 13.0. The number of aromatic nitrogens is 4. The van der Waals surface area contributed by atoms with Gasteiger partial charge in [-0.3, -0.25) is 0 Å². The van der Waals surface area contributed by atoms with Gasteiger partial charge in [0.15, 0.2) is 0 Å². The molecule has 3 unspecified atom stereocenters. The Balaban J connectivity index is 1.33. The van der Waals surface area contributed by atoms with Crippen LogP contribution >= 0.6 is 0 Å². The highest BCUT2D eigenvalue weighted by atomic mass is 16.6. The number of pyridine rings is 1. The number of nitrogen functional groups attached to an aromatic ring is 1. The number of nitrogens with two attached hydrogens (primary N) is 1. The summed E-state index contributed by atoms with van der Waals surface area (Å²) in [6.45, 7) is 0.346. The summed E-state index contributed by atoms with van der Waals surface area (Å²) in [5.41, 5.74) is 7.54. The minimum absolute atomic E-state index is 0.0730. The average Bonchev–Trinajstić information content (AvgIpc) is 3.41. The standard InChI is InChI=1S/C23H22N6O2/c1-3-14-10-21(29-9-8-17-22(24)26-13-27-23(17)29)31-19(14)12-30-16-6-4-15-5-7-20(25-2)28-18(15)11-16/h1,4-9,11,13-14,19,21H,10,12H2,2H3,(H,25,28)(H2,24,26,27). The van der Waals surface area contributed by atoms with Crippen LogP contribution in [-0.2, 0) is 4.74 Å². The summed E-state index contributed by atoms with van der Waals surface area (Å²) in [7, 11) is 1.84. The molecule has 31 heavy (non-hydrogen) atoms. The first-order chi connectivity index (χ1) is 15.2. The number of anilines is 2. The first-order valence-electron chi connectivity index (χ1n) is 10.1. The maximum atomic E-state index is 6.27. The molecule has 0 saturated carbocycles. The summed E-state index contributed by atoms with van der Waals surface area (Å²) in [6, 6.07) is 11.7. The first-order valence-corrected chi connectivity index (χ1v) is 10.1. The van der Waals surface area contributed by atoms with Gasteiger partial charge in [-0.2, -0.15) is 0 Å². The highest BCUT2D eigenvalue weighted by molar-refractivity contribution is 5.86. The molecule has 8 nitrogen and oxygen atoms in total. The summed E-state index contributed by atoms with van der Waals surface area (Å²) in [5.74, 6) is 4.76. The number of benzene rings is 1. The van der Waals surface area contributed by atoms with Crippen LogP contribution in [0.3, 0.4) is 0 Å². The van der Waals surface area contributed by atoms with Gasteiger partial charge >= 0.3 is 0 Å². The van der Waals surface area contributed by atoms with E-state index < -0.39 is 0 Å². The molecular weight excluding hydrogens is 392 g/mol. The molecule has 156 valence electrons. The molecule has 0 spiro atoms. The van der Waals surface area contributed by atoms with Crippen molar-refractivity contribution in [3.05, 3.63) is 48.9 Å². The molecule has 0 aliphatic carbocycles. The molecule has 1 aliphatic heterocycles. The van der Waals surface area contributed by atoms with E-state index in [-0.39, 0.29) is 18.2 Å². The van der Waals surface area contributed by atoms with E-state index in [9.17, 15) is 0 Å². The normalized spacial score (nSPS) is 20.7. The minimum atomic E-state index is -0.238. The van der Waals surface area contributed by atoms with Crippen molar-refractivity contribution in [3.63, 3.8) is 0 Å². The van der Waals surface area contributed by atoms with Gasteiger partial charge in [0.2, 0.25) is 0 Å². The van der Waals surface area contributed by atoms with Gasteiger partial charge in [0.05, 0.1) is 16.8 Å². The van der Waals surface area contributed by atoms with Gasteiger partial charge in [0, 0.05) is 31.1 Å². The quantitative estimate of drug-likeness (QED) is 0.484. The Labute approximate surface area is 179 Å². The van der Waals surface area contributed by atoms with Gasteiger partial charge < -0.3 is 25.1 Å². The van der Waals surface area contributed by atoms with Crippen LogP contribution in [0.2, 0.25) is 0 Å². The Morgan fingerprint density at radius 2 is 2.16 bits per heavy atom. The fraction of sp³-hybridized carbons (Fsp3) is 0.261. The molecule has 4 aromatic rings. The van der Waals surface area contributed by atoms with Crippen molar-refractivity contribution in [2.75, 3.05) is 24.7 Å². The average molecular weight is 414 g/mol. The van der Waals surface area contributed by atoms with E-state index in [1.165, 1.54) is 6.33 Å². The van der Waals surface area contributed by atoms with Gasteiger partial charge in [0.1, 0.15) is 48.3 Å². The van der Waals surface area contributed by atoms with E-state index in [1.54, 1.807) is 0 Å². The second-order valence-corrected chi connectivity index (χ2v) is 7.47. The van der Waals surface area contributed by atoms with Crippen LogP contribution in [0.25, 0.3) is 21.9 Å². The number of hydrogen-bond acceptors (Lipinski definition) is 7. The molecule has 5 rings (SSSR count). The fourth-order valence-electron chi connectivity index (χ4n) is 3.96. The highest BCUT2D eigenvalue weighted by Crippen LogP contribution is 2.36. The van der Waals surface area contributed by atoms with Crippen LogP contribution in [-0.4, -0.2) is 39.3 Å². The zero-order chi connectivity index (χ0) is 21.4. The van der Waals surface area contributed by atoms with E-state index >= 15 is 0 Å². The van der Waals surface area contributed by atoms with Crippen molar-refractivity contribution in [1.29, 1.82) is 0 Å². The zero-order valence-corrected chi connectivity index (χ0v) is 17.0. The lowest BCUT2D eigenvalue weighted by Crippen LogP contribution is -2.23. The number of hydrogen-bond donors (Lipinski definition) is 2. The third kappa shape index (κ3) is 3.49. The maximum absolute atomic E-state index is 6.27. The third-order valence-corrected chi connectivity index (χ3v) is 5.63. The number of terminal acetylenes is 1. The third-order valence-electron chi connectivity index (χ3n) is 5.63. The molecule has 1 saturated heterocycles. The van der Waals surface area contributed by atoms with Gasteiger partial charge in [-0.15, -0.1) is 12.3 Å². The van der Waals surface area contributed by atoms with Crippen LogP contribution in [0.4, 0.5) is 11.6 Å². The van der Waals surface area contributed by atoms with Gasteiger partial charge in [-0.05, 0) is 30.3 Å². The Hall–Kier alpha value is -3.83. The predicted molar refractivity (Wildman–Crippen MR) is 120 cm³/mol. The number of ether oxygens (including phenoxy) is 2. The number of nitrogens with one attached hydrogen (secondary N) is 1. The molecule has 3 aromatic heterocycles. The molecule has 4 heterocycles. The van der Waals surface area contributed by atoms with E-state index in [0.29, 0.717) is 18.8 Å². The molecule has 0 bridgehead atoms. The predicted octanol–water partition coefficient (Wildman–Crippen LogP) is 3.22. The van der Waals surface area contributed by atoms with Crippen molar-refractivity contribution in [3.8, 4) is 18.1 Å². The van der Waals surface area contributed by atoms with Crippen molar-refractivity contribution < 1.29 is 9.47 Å². The molecule has 1 fully saturated rings. The largest absolute Gasteiger partial charge is 0.491 e. The highest BCUT2D eigenvalue weighted by Gasteiger charge is 2.36. The Morgan fingerprint density at radius 3 is 3.00 bits per heavy atom. The van der Waals surface area contributed by atoms with Gasteiger partial charge in [-0.1, -0.05) is 0 Å². The second-order valence-electron chi connectivity index (χ2n) is 7.47. The van der Waals surface area contributed by atoms with Crippen LogP contribution < -0.4 is 15.8 Å². The molecule has 0 amide bonds. The van der Waals surface area contributed by atoms with Crippen LogP contribution in [0.5, 0.6) is 5.75 Å². The Kier molecular flexibility index (Phi) is 4.81. The number of fused-ring (bicyclic) bond motifs is 2. The van der Waals surface area contributed by atoms with Crippen molar-refractivity contribution in [1.82, 2.24) is 19.5 Å². The first kappa shape index (κ1) is 19.2. The van der Waals surface area contributed by atoms with Crippen molar-refractivity contribution in [2.45, 2.75) is 18.8 Å². The monoisotopic (exact) mass is 414 g/mol. The maximum Gasteiger partial charge on any atom is 0.147 e. The van der Waals surface area contributed by atoms with Gasteiger partial charge in [0.25, 0.3) is 0 Å². The summed E-state index contributed by atoms with van der Waals surface area (Å²) in [6.07, 6.45) is 9.35. The van der Waals surface area contributed by atoms with Crippen LogP contribution in [0.15, 0.2) is 48.9 Å². The minimum Gasteiger partial charge on any atom is -0.491 e. The Morgan fingerprint density at radius 1 is 1.29 bits per heavy atom. The molecule has 1 aliphatic rings. The molecule has 1 aromatic carbocycles. The molecule has 8 heteroatoms. The molecule has 3 atom stereocenters. The van der Waals surface area contributed by atoms with Crippen molar-refractivity contribution in [2.24, 2.45) is 5.92 Å². The smallest absolute Gasteiger partial charge is 0.147 e. The summed E-state index contributed by atoms with van der Waals surface area (Å²) >= 11 is 0. The SMILES string of the molecule is C#CC1CC(n2ccc3c(N)ncnc32)OC1COc1ccc2ccc(NC)nc2c1. The van der Waals surface area contributed by atoms with E-state index in [1.807, 2.05) is 54.2 Å². The summed E-state index contributed by atoms with van der Waals surface area (Å²) in [5, 5.41) is 4.90. The van der Waals surface area contributed by atoms with E-state index in [0.717, 1.165) is 33.5 Å². The summed E-state index contributed by atoms with van der Waals surface area (Å²) < 4.78 is 14.3. The lowest BCUT2D eigenvalue weighted by molar-refractivity contribution is -0.0199. The van der Waals surface area contributed by atoms with E-state index in [4.69, 9.17) is 21.6 Å². The zero-order valence-electron chi connectivity index (χ0n) is 17.0. The second kappa shape index (κ2) is 7.78.